The van der Waals surface area contributed by atoms with Crippen molar-refractivity contribution in [3.8, 4) is 11.5 Å². The lowest BCUT2D eigenvalue weighted by Gasteiger charge is -2.43. The Morgan fingerprint density at radius 2 is 2.00 bits per heavy atom. The lowest BCUT2D eigenvalue weighted by atomic mass is 9.98. The second-order valence-electron chi connectivity index (χ2n) is 9.09. The van der Waals surface area contributed by atoms with E-state index in [0.29, 0.717) is 47.3 Å². The number of alkyl halides is 1. The molecule has 0 unspecified atom stereocenters. The fourth-order valence-corrected chi connectivity index (χ4v) is 4.31. The number of pyridine rings is 2. The summed E-state index contributed by atoms with van der Waals surface area (Å²) < 4.78 is 20.0. The van der Waals surface area contributed by atoms with Crippen LogP contribution in [-0.4, -0.2) is 46.7 Å². The highest BCUT2D eigenvalue weighted by molar-refractivity contribution is 6.03. The van der Waals surface area contributed by atoms with Crippen LogP contribution in [0.15, 0.2) is 41.1 Å². The van der Waals surface area contributed by atoms with Crippen LogP contribution in [0.3, 0.4) is 0 Å². The number of benzene rings is 1. The van der Waals surface area contributed by atoms with Gasteiger partial charge in [0.25, 0.3) is 0 Å². The maximum Gasteiger partial charge on any atom is 0.229 e. The van der Waals surface area contributed by atoms with E-state index in [1.807, 2.05) is 29.2 Å². The summed E-state index contributed by atoms with van der Waals surface area (Å²) >= 11 is 0. The molecule has 2 aliphatic rings. The Bertz CT molecular complexity index is 1400. The molecule has 3 aromatic heterocycles. The van der Waals surface area contributed by atoms with E-state index in [-0.39, 0.29) is 11.8 Å². The van der Waals surface area contributed by atoms with Gasteiger partial charge >= 0.3 is 0 Å². The third kappa shape index (κ3) is 3.53. The number of hydrogen-bond acceptors (Lipinski definition) is 7. The van der Waals surface area contributed by atoms with Crippen LogP contribution in [0.5, 0.6) is 0 Å². The average molecular weight is 446 g/mol. The highest BCUT2D eigenvalue weighted by Crippen LogP contribution is 2.36. The Balaban J connectivity index is 1.40. The maximum absolute atomic E-state index is 13.9. The summed E-state index contributed by atoms with van der Waals surface area (Å²) in [5.74, 6) is 1.66. The van der Waals surface area contributed by atoms with Crippen molar-refractivity contribution in [3.05, 3.63) is 36.7 Å². The number of anilines is 3. The Hall–Kier alpha value is -3.75. The number of hydrogen-bond donors (Lipinski definition) is 2. The summed E-state index contributed by atoms with van der Waals surface area (Å²) in [6.07, 6.45) is 5.24. The van der Waals surface area contributed by atoms with Crippen molar-refractivity contribution in [2.24, 2.45) is 5.92 Å². The van der Waals surface area contributed by atoms with Crippen LogP contribution in [0.2, 0.25) is 0 Å². The molecule has 0 spiro atoms. The number of oxazole rings is 1. The first-order valence-electron chi connectivity index (χ1n) is 11.0. The standard InChI is InChI=1S/C24H23FN6O2/c1-24(25)11-31(12-24)14-5-6-19-18(7-14)29-23(33-19)17-10-28-21(26-2)16-9-27-20(8-15(16)17)30-22(32)13-3-4-13/h5-10,13H,3-4,11-12H2,1-2H3,(H,26,28)(H,27,30,32). The number of aromatic nitrogens is 3. The molecule has 1 amide bonds. The van der Waals surface area contributed by atoms with Crippen molar-refractivity contribution in [3.63, 3.8) is 0 Å². The van der Waals surface area contributed by atoms with E-state index in [0.717, 1.165) is 29.3 Å². The number of nitrogens with one attached hydrogen (secondary N) is 2. The van der Waals surface area contributed by atoms with Crippen LogP contribution >= 0.6 is 0 Å². The number of rotatable bonds is 5. The summed E-state index contributed by atoms with van der Waals surface area (Å²) in [4.78, 5) is 27.8. The van der Waals surface area contributed by atoms with Gasteiger partial charge in [-0.15, -0.1) is 0 Å². The van der Waals surface area contributed by atoms with Crippen LogP contribution in [0.4, 0.5) is 21.7 Å². The molecule has 2 N–H and O–H groups in total. The van der Waals surface area contributed by atoms with Crippen LogP contribution in [-0.2, 0) is 4.79 Å². The van der Waals surface area contributed by atoms with Crippen LogP contribution in [0.25, 0.3) is 33.3 Å². The van der Waals surface area contributed by atoms with Crippen molar-refractivity contribution >= 4 is 45.1 Å². The van der Waals surface area contributed by atoms with Gasteiger partial charge in [-0.25, -0.2) is 19.3 Å². The molecule has 1 saturated carbocycles. The first-order valence-corrected chi connectivity index (χ1v) is 11.0. The largest absolute Gasteiger partial charge is 0.436 e. The third-order valence-corrected chi connectivity index (χ3v) is 6.22. The smallest absolute Gasteiger partial charge is 0.229 e. The Kier molecular flexibility index (Phi) is 4.30. The lowest BCUT2D eigenvalue weighted by molar-refractivity contribution is -0.117. The molecular formula is C24H23FN6O2. The highest BCUT2D eigenvalue weighted by Gasteiger charge is 2.39. The topological polar surface area (TPSA) is 96.2 Å². The minimum Gasteiger partial charge on any atom is -0.436 e. The SMILES string of the molecule is CNc1ncc(-c2nc3cc(N4CC(C)(F)C4)ccc3o2)c2cc(NC(=O)C3CC3)ncc12. The molecule has 8 nitrogen and oxygen atoms in total. The van der Waals surface area contributed by atoms with E-state index in [4.69, 9.17) is 9.40 Å². The van der Waals surface area contributed by atoms with E-state index >= 15 is 0 Å². The van der Waals surface area contributed by atoms with Crippen LogP contribution in [0, 0.1) is 5.92 Å². The van der Waals surface area contributed by atoms with E-state index in [1.165, 1.54) is 0 Å². The number of carbonyl (C=O) groups excluding carboxylic acids is 1. The molecule has 2 fully saturated rings. The second-order valence-corrected chi connectivity index (χ2v) is 9.09. The molecule has 4 aromatic rings. The molecular weight excluding hydrogens is 423 g/mol. The molecule has 4 heterocycles. The molecule has 33 heavy (non-hydrogen) atoms. The van der Waals surface area contributed by atoms with Gasteiger partial charge in [-0.1, -0.05) is 0 Å². The minimum absolute atomic E-state index is 0.00365. The quantitative estimate of drug-likeness (QED) is 0.470. The van der Waals surface area contributed by atoms with Crippen molar-refractivity contribution in [1.29, 1.82) is 0 Å². The maximum atomic E-state index is 13.9. The molecule has 0 atom stereocenters. The summed E-state index contributed by atoms with van der Waals surface area (Å²) in [6, 6.07) is 7.52. The number of fused-ring (bicyclic) bond motifs is 2. The van der Waals surface area contributed by atoms with Gasteiger partial charge in [-0.2, -0.15) is 0 Å². The van der Waals surface area contributed by atoms with Crippen LogP contribution in [0.1, 0.15) is 19.8 Å². The van der Waals surface area contributed by atoms with E-state index in [1.54, 1.807) is 26.4 Å². The predicted octanol–water partition coefficient (Wildman–Crippen LogP) is 4.38. The van der Waals surface area contributed by atoms with Gasteiger partial charge in [0.1, 0.15) is 22.8 Å². The summed E-state index contributed by atoms with van der Waals surface area (Å²) in [5.41, 5.74) is 1.80. The van der Waals surface area contributed by atoms with Gasteiger partial charge in [0, 0.05) is 41.8 Å². The van der Waals surface area contributed by atoms with E-state index in [2.05, 4.69) is 20.6 Å². The zero-order valence-electron chi connectivity index (χ0n) is 18.4. The van der Waals surface area contributed by atoms with Gasteiger partial charge in [0.15, 0.2) is 5.58 Å². The Morgan fingerprint density at radius 3 is 2.73 bits per heavy atom. The molecule has 9 heteroatoms. The predicted molar refractivity (Wildman–Crippen MR) is 125 cm³/mol. The Labute approximate surface area is 189 Å². The van der Waals surface area contributed by atoms with Crippen LogP contribution < -0.4 is 15.5 Å². The number of halogens is 1. The lowest BCUT2D eigenvalue weighted by Crippen LogP contribution is -2.57. The van der Waals surface area contributed by atoms with Gasteiger partial charge < -0.3 is 20.0 Å². The highest BCUT2D eigenvalue weighted by atomic mass is 19.1. The molecule has 1 aliphatic carbocycles. The molecule has 0 bridgehead atoms. The van der Waals surface area contributed by atoms with Crippen molar-refractivity contribution in [2.45, 2.75) is 25.4 Å². The van der Waals surface area contributed by atoms with Gasteiger partial charge in [0.05, 0.1) is 18.7 Å². The van der Waals surface area contributed by atoms with Crippen molar-refractivity contribution in [1.82, 2.24) is 15.0 Å². The summed E-state index contributed by atoms with van der Waals surface area (Å²) in [5, 5.41) is 7.59. The molecule has 1 saturated heterocycles. The average Bonchev–Trinajstić information content (AvgIpc) is 3.55. The number of carbonyl (C=O) groups is 1. The second kappa shape index (κ2) is 7.13. The molecule has 1 aliphatic heterocycles. The first kappa shape index (κ1) is 19.9. The first-order chi connectivity index (χ1) is 15.9. The number of nitrogens with zero attached hydrogens (tertiary/aromatic N) is 4. The van der Waals surface area contributed by atoms with Crippen molar-refractivity contribution in [2.75, 3.05) is 35.7 Å². The Morgan fingerprint density at radius 1 is 1.18 bits per heavy atom. The third-order valence-electron chi connectivity index (χ3n) is 6.22. The zero-order chi connectivity index (χ0) is 22.7. The summed E-state index contributed by atoms with van der Waals surface area (Å²) in [7, 11) is 1.80. The molecule has 1 aromatic carbocycles. The molecule has 6 rings (SSSR count). The van der Waals surface area contributed by atoms with Gasteiger partial charge in [-0.05, 0) is 44.0 Å². The molecule has 168 valence electrons. The fourth-order valence-electron chi connectivity index (χ4n) is 4.31. The fraction of sp³-hybridized carbons (Fsp3) is 0.333. The van der Waals surface area contributed by atoms with E-state index < -0.39 is 5.67 Å². The number of amides is 1. The normalized spacial score (nSPS) is 17.2. The minimum atomic E-state index is -1.15. The van der Waals surface area contributed by atoms with E-state index in [9.17, 15) is 9.18 Å². The monoisotopic (exact) mass is 446 g/mol. The molecule has 0 radical (unpaired) electrons. The van der Waals surface area contributed by atoms with Crippen molar-refractivity contribution < 1.29 is 13.6 Å². The summed E-state index contributed by atoms with van der Waals surface area (Å²) in [6.45, 7) is 2.34. The zero-order valence-corrected chi connectivity index (χ0v) is 18.4. The van der Waals surface area contributed by atoms with Gasteiger partial charge in [0.2, 0.25) is 11.8 Å². The van der Waals surface area contributed by atoms with Gasteiger partial charge in [-0.3, -0.25) is 4.79 Å².